The summed E-state index contributed by atoms with van der Waals surface area (Å²) in [6, 6.07) is 9.47. The summed E-state index contributed by atoms with van der Waals surface area (Å²) in [6.07, 6.45) is 1.91. The fraction of sp³-hybridized carbons (Fsp3) is 0.478. The maximum absolute atomic E-state index is 13.7. The van der Waals surface area contributed by atoms with Gasteiger partial charge in [0.2, 0.25) is 0 Å². The molecule has 30 heavy (non-hydrogen) atoms. The number of rotatable bonds is 7. The van der Waals surface area contributed by atoms with E-state index in [0.29, 0.717) is 24.6 Å². The highest BCUT2D eigenvalue weighted by Gasteiger charge is 2.16. The van der Waals surface area contributed by atoms with Crippen LogP contribution in [0, 0.1) is 12.7 Å². The number of piperazine rings is 1. The number of benzene rings is 1. The van der Waals surface area contributed by atoms with Gasteiger partial charge in [-0.3, -0.25) is 0 Å². The smallest absolute Gasteiger partial charge is 0.191 e. The number of guanidine groups is 1. The first-order chi connectivity index (χ1) is 14.6. The molecule has 1 aromatic heterocycles. The molecule has 0 unspecified atom stereocenters. The summed E-state index contributed by atoms with van der Waals surface area (Å²) in [7, 11) is 0. The third kappa shape index (κ3) is 6.16. The van der Waals surface area contributed by atoms with Crippen LogP contribution in [0.3, 0.4) is 0 Å². The zero-order valence-electron chi connectivity index (χ0n) is 18.3. The van der Waals surface area contributed by atoms with Crippen molar-refractivity contribution in [1.29, 1.82) is 0 Å². The van der Waals surface area contributed by atoms with Crippen LogP contribution in [0.25, 0.3) is 0 Å². The Hall–Kier alpha value is -2.67. The molecule has 0 radical (unpaired) electrons. The van der Waals surface area contributed by atoms with Gasteiger partial charge in [-0.2, -0.15) is 0 Å². The van der Waals surface area contributed by atoms with Crippen molar-refractivity contribution < 1.29 is 4.39 Å². The molecule has 6 nitrogen and oxygen atoms in total. The summed E-state index contributed by atoms with van der Waals surface area (Å²) in [5.74, 6) is 1.56. The Kier molecular flexibility index (Phi) is 8.02. The molecule has 0 amide bonds. The van der Waals surface area contributed by atoms with E-state index in [9.17, 15) is 4.39 Å². The first-order valence-corrected chi connectivity index (χ1v) is 10.8. The Labute approximate surface area is 179 Å². The monoisotopic (exact) mass is 412 g/mol. The number of aliphatic imine (C=N–C) groups is 1. The molecule has 0 saturated carbocycles. The molecule has 0 bridgehead atoms. The van der Waals surface area contributed by atoms with Crippen LogP contribution in [0.2, 0.25) is 0 Å². The largest absolute Gasteiger partial charge is 0.357 e. The van der Waals surface area contributed by atoms with Gasteiger partial charge >= 0.3 is 0 Å². The normalized spacial score (nSPS) is 15.3. The highest BCUT2D eigenvalue weighted by Crippen LogP contribution is 2.14. The third-order valence-electron chi connectivity index (χ3n) is 5.41. The molecular weight excluding hydrogens is 379 g/mol. The predicted octanol–water partition coefficient (Wildman–Crippen LogP) is 2.93. The summed E-state index contributed by atoms with van der Waals surface area (Å²) in [6.45, 7) is 13.1. The lowest BCUT2D eigenvalue weighted by molar-refractivity contribution is 0.270. The Morgan fingerprint density at radius 2 is 1.83 bits per heavy atom. The third-order valence-corrected chi connectivity index (χ3v) is 5.41. The maximum atomic E-state index is 13.7. The molecule has 1 aliphatic rings. The van der Waals surface area contributed by atoms with E-state index in [4.69, 9.17) is 0 Å². The van der Waals surface area contributed by atoms with Gasteiger partial charge in [-0.15, -0.1) is 0 Å². The highest BCUT2D eigenvalue weighted by molar-refractivity contribution is 5.79. The number of aryl methyl sites for hydroxylation is 1. The van der Waals surface area contributed by atoms with Gasteiger partial charge in [-0.25, -0.2) is 14.4 Å². The fourth-order valence-corrected chi connectivity index (χ4v) is 3.43. The number of likely N-dealkylation sites (N-methyl/N-ethyl adjacent to an activating group) is 1. The lowest BCUT2D eigenvalue weighted by atomic mass is 10.1. The molecular formula is C23H33FN6. The number of anilines is 1. The molecule has 1 saturated heterocycles. The van der Waals surface area contributed by atoms with Crippen LogP contribution in [-0.2, 0) is 13.1 Å². The number of nitrogens with zero attached hydrogens (tertiary/aromatic N) is 4. The number of halogens is 1. The standard InChI is InChI=1S/C23H33FN6/c1-4-25-23(27-15-19-7-6-18(3)21(24)14-19)28-17-20-8-9-22(26-16-20)30-12-10-29(5-2)11-13-30/h6-9,14,16H,4-5,10-13,15,17H2,1-3H3,(H2,25,27,28). The Morgan fingerprint density at radius 3 is 2.47 bits per heavy atom. The highest BCUT2D eigenvalue weighted by atomic mass is 19.1. The van der Waals surface area contributed by atoms with Crippen LogP contribution < -0.4 is 15.5 Å². The van der Waals surface area contributed by atoms with E-state index in [1.165, 1.54) is 0 Å². The van der Waals surface area contributed by atoms with Crippen molar-refractivity contribution in [2.24, 2.45) is 4.99 Å². The molecule has 1 aliphatic heterocycles. The van der Waals surface area contributed by atoms with Crippen molar-refractivity contribution in [3.8, 4) is 0 Å². The number of aromatic nitrogens is 1. The molecule has 0 spiro atoms. The minimum absolute atomic E-state index is 0.182. The van der Waals surface area contributed by atoms with Crippen molar-refractivity contribution in [1.82, 2.24) is 20.5 Å². The number of nitrogens with one attached hydrogen (secondary N) is 2. The number of pyridine rings is 1. The van der Waals surface area contributed by atoms with E-state index in [0.717, 1.165) is 56.2 Å². The number of hydrogen-bond donors (Lipinski definition) is 2. The zero-order chi connectivity index (χ0) is 21.3. The summed E-state index contributed by atoms with van der Waals surface area (Å²) in [5.41, 5.74) is 2.60. The predicted molar refractivity (Wildman–Crippen MR) is 121 cm³/mol. The number of hydrogen-bond acceptors (Lipinski definition) is 4. The average molecular weight is 413 g/mol. The fourth-order valence-electron chi connectivity index (χ4n) is 3.43. The van der Waals surface area contributed by atoms with Crippen molar-refractivity contribution in [2.45, 2.75) is 33.9 Å². The summed E-state index contributed by atoms with van der Waals surface area (Å²) < 4.78 is 13.7. The van der Waals surface area contributed by atoms with Crippen LogP contribution in [0.15, 0.2) is 41.5 Å². The second-order valence-corrected chi connectivity index (χ2v) is 7.58. The molecule has 1 fully saturated rings. The van der Waals surface area contributed by atoms with Crippen LogP contribution in [0.1, 0.15) is 30.5 Å². The Bertz CT molecular complexity index is 828. The minimum atomic E-state index is -0.182. The molecule has 0 atom stereocenters. The SMILES string of the molecule is CCNC(=NCc1ccc(N2CCN(CC)CC2)nc1)NCc1ccc(C)c(F)c1. The van der Waals surface area contributed by atoms with Gasteiger partial charge in [0.1, 0.15) is 11.6 Å². The van der Waals surface area contributed by atoms with Crippen molar-refractivity contribution in [3.63, 3.8) is 0 Å². The molecule has 7 heteroatoms. The van der Waals surface area contributed by atoms with Gasteiger partial charge in [-0.05, 0) is 49.2 Å². The molecule has 2 aromatic rings. The van der Waals surface area contributed by atoms with E-state index >= 15 is 0 Å². The summed E-state index contributed by atoms with van der Waals surface area (Å²) in [4.78, 5) is 14.1. The van der Waals surface area contributed by atoms with Gasteiger partial charge in [-0.1, -0.05) is 25.1 Å². The van der Waals surface area contributed by atoms with E-state index in [-0.39, 0.29) is 5.82 Å². The van der Waals surface area contributed by atoms with Crippen LogP contribution >= 0.6 is 0 Å². The first-order valence-electron chi connectivity index (χ1n) is 10.8. The maximum Gasteiger partial charge on any atom is 0.191 e. The van der Waals surface area contributed by atoms with Gasteiger partial charge in [0.05, 0.1) is 6.54 Å². The average Bonchev–Trinajstić information content (AvgIpc) is 2.78. The van der Waals surface area contributed by atoms with E-state index in [2.05, 4.69) is 49.5 Å². The Morgan fingerprint density at radius 1 is 1.07 bits per heavy atom. The van der Waals surface area contributed by atoms with Crippen molar-refractivity contribution in [2.75, 3.05) is 44.2 Å². The van der Waals surface area contributed by atoms with Gasteiger partial charge in [0.15, 0.2) is 5.96 Å². The first kappa shape index (κ1) is 22.0. The van der Waals surface area contributed by atoms with E-state index in [1.54, 1.807) is 19.1 Å². The second kappa shape index (κ2) is 10.9. The Balaban J connectivity index is 1.55. The lowest BCUT2D eigenvalue weighted by Gasteiger charge is -2.34. The van der Waals surface area contributed by atoms with Crippen LogP contribution in [0.4, 0.5) is 10.2 Å². The van der Waals surface area contributed by atoms with Crippen molar-refractivity contribution in [3.05, 3.63) is 59.0 Å². The van der Waals surface area contributed by atoms with Gasteiger partial charge in [0.25, 0.3) is 0 Å². The van der Waals surface area contributed by atoms with Crippen molar-refractivity contribution >= 4 is 11.8 Å². The van der Waals surface area contributed by atoms with Crippen LogP contribution in [0.5, 0.6) is 0 Å². The lowest BCUT2D eigenvalue weighted by Crippen LogP contribution is -2.46. The summed E-state index contributed by atoms with van der Waals surface area (Å²) >= 11 is 0. The molecule has 162 valence electrons. The topological polar surface area (TPSA) is 55.8 Å². The van der Waals surface area contributed by atoms with Crippen LogP contribution in [-0.4, -0.2) is 55.1 Å². The summed E-state index contributed by atoms with van der Waals surface area (Å²) in [5, 5.41) is 6.50. The minimum Gasteiger partial charge on any atom is -0.357 e. The van der Waals surface area contributed by atoms with Gasteiger partial charge < -0.3 is 20.4 Å². The molecule has 1 aromatic carbocycles. The molecule has 2 heterocycles. The van der Waals surface area contributed by atoms with Gasteiger partial charge in [0, 0.05) is 45.5 Å². The zero-order valence-corrected chi connectivity index (χ0v) is 18.3. The van der Waals surface area contributed by atoms with E-state index < -0.39 is 0 Å². The molecule has 2 N–H and O–H groups in total. The van der Waals surface area contributed by atoms with E-state index in [1.807, 2.05) is 19.2 Å². The quantitative estimate of drug-likeness (QED) is 0.541. The molecule has 3 rings (SSSR count). The second-order valence-electron chi connectivity index (χ2n) is 7.58. The molecule has 0 aliphatic carbocycles.